The van der Waals surface area contributed by atoms with Crippen molar-refractivity contribution < 1.29 is 33.3 Å². The van der Waals surface area contributed by atoms with Crippen LogP contribution in [-0.4, -0.2) is 25.0 Å². The van der Waals surface area contributed by atoms with Crippen LogP contribution in [-0.2, 0) is 0 Å². The fourth-order valence-electron chi connectivity index (χ4n) is 4.25. The zero-order valence-electron chi connectivity index (χ0n) is 24.2. The van der Waals surface area contributed by atoms with Gasteiger partial charge in [-0.05, 0) is 123 Å². The SMILES string of the molecule is COc1ccc(C(=O)Oc2cc(OC(=O)c3cc(C)c(C)c(C)c3)cc(OC(=O)c3cc(C)c(C)c(C)c3)c2)cc1. The predicted molar refractivity (Wildman–Crippen MR) is 156 cm³/mol. The van der Waals surface area contributed by atoms with E-state index in [4.69, 9.17) is 18.9 Å². The molecule has 4 rings (SSSR count). The van der Waals surface area contributed by atoms with Crippen molar-refractivity contribution in [1.29, 1.82) is 0 Å². The molecule has 0 saturated heterocycles. The van der Waals surface area contributed by atoms with E-state index in [1.165, 1.54) is 25.3 Å². The van der Waals surface area contributed by atoms with Crippen LogP contribution >= 0.6 is 0 Å². The molecule has 0 heterocycles. The molecule has 4 aromatic carbocycles. The Labute approximate surface area is 239 Å². The number of ether oxygens (including phenoxy) is 4. The van der Waals surface area contributed by atoms with Gasteiger partial charge in [-0.1, -0.05) is 0 Å². The molecule has 0 amide bonds. The van der Waals surface area contributed by atoms with Gasteiger partial charge >= 0.3 is 17.9 Å². The first-order valence-corrected chi connectivity index (χ1v) is 13.1. The molecule has 4 aromatic rings. The van der Waals surface area contributed by atoms with E-state index in [9.17, 15) is 14.4 Å². The van der Waals surface area contributed by atoms with E-state index in [-0.39, 0.29) is 22.8 Å². The highest BCUT2D eigenvalue weighted by molar-refractivity contribution is 5.94. The number of benzene rings is 4. The van der Waals surface area contributed by atoms with Gasteiger partial charge in [0.1, 0.15) is 23.0 Å². The largest absolute Gasteiger partial charge is 0.497 e. The van der Waals surface area contributed by atoms with Crippen LogP contribution in [0.3, 0.4) is 0 Å². The molecule has 0 aromatic heterocycles. The Morgan fingerprint density at radius 3 is 1.07 bits per heavy atom. The average Bonchev–Trinajstić information content (AvgIpc) is 2.93. The molecule has 41 heavy (non-hydrogen) atoms. The Balaban J connectivity index is 1.65. The van der Waals surface area contributed by atoms with Crippen LogP contribution in [0.25, 0.3) is 0 Å². The summed E-state index contributed by atoms with van der Waals surface area (Å²) in [6, 6.07) is 17.6. The fourth-order valence-corrected chi connectivity index (χ4v) is 4.25. The summed E-state index contributed by atoms with van der Waals surface area (Å²) in [7, 11) is 1.53. The molecular weight excluding hydrogens is 520 g/mol. The molecule has 0 atom stereocenters. The number of carbonyl (C=O) groups excluding carboxylic acids is 3. The maximum Gasteiger partial charge on any atom is 0.343 e. The van der Waals surface area contributed by atoms with Crippen LogP contribution in [0.2, 0.25) is 0 Å². The van der Waals surface area contributed by atoms with E-state index < -0.39 is 17.9 Å². The Kier molecular flexibility index (Phi) is 8.57. The summed E-state index contributed by atoms with van der Waals surface area (Å²) in [4.78, 5) is 39.0. The fraction of sp³-hybridized carbons (Fsp3) is 0.206. The van der Waals surface area contributed by atoms with E-state index in [1.807, 2.05) is 41.5 Å². The van der Waals surface area contributed by atoms with E-state index in [2.05, 4.69) is 0 Å². The highest BCUT2D eigenvalue weighted by Gasteiger charge is 2.18. The Hall–Kier alpha value is -4.91. The standard InChI is InChI=1S/C34H32O7/c1-19-12-26(13-20(2)23(19)5)33(36)40-30-16-29(39-32(35)25-8-10-28(38-7)11-9-25)17-31(18-30)41-34(37)27-14-21(3)24(6)22(4)15-27/h8-18H,1-7H3. The number of rotatable bonds is 7. The number of hydrogen-bond acceptors (Lipinski definition) is 7. The third-order valence-corrected chi connectivity index (χ3v) is 7.14. The third-order valence-electron chi connectivity index (χ3n) is 7.14. The molecule has 0 saturated carbocycles. The maximum absolute atomic E-state index is 13.1. The van der Waals surface area contributed by atoms with Crippen molar-refractivity contribution in [3.63, 3.8) is 0 Å². The zero-order chi connectivity index (χ0) is 29.8. The molecule has 0 fully saturated rings. The Bertz CT molecular complexity index is 1510. The summed E-state index contributed by atoms with van der Waals surface area (Å²) in [6.45, 7) is 11.7. The lowest BCUT2D eigenvalue weighted by Crippen LogP contribution is -2.13. The van der Waals surface area contributed by atoms with Gasteiger partial charge in [0.15, 0.2) is 0 Å². The second-order valence-corrected chi connectivity index (χ2v) is 10.0. The van der Waals surface area contributed by atoms with E-state index in [1.54, 1.807) is 48.5 Å². The van der Waals surface area contributed by atoms with Crippen molar-refractivity contribution in [2.75, 3.05) is 7.11 Å². The van der Waals surface area contributed by atoms with Crippen LogP contribution < -0.4 is 18.9 Å². The lowest BCUT2D eigenvalue weighted by Gasteiger charge is -2.13. The summed E-state index contributed by atoms with van der Waals surface area (Å²) >= 11 is 0. The van der Waals surface area contributed by atoms with Gasteiger partial charge in [-0.2, -0.15) is 0 Å². The number of carbonyl (C=O) groups is 3. The smallest absolute Gasteiger partial charge is 0.343 e. The highest BCUT2D eigenvalue weighted by atomic mass is 16.6. The Morgan fingerprint density at radius 2 is 0.756 bits per heavy atom. The molecule has 0 aliphatic carbocycles. The number of esters is 3. The third kappa shape index (κ3) is 6.81. The average molecular weight is 553 g/mol. The summed E-state index contributed by atoms with van der Waals surface area (Å²) < 4.78 is 22.0. The molecule has 0 spiro atoms. The van der Waals surface area contributed by atoms with Crippen molar-refractivity contribution in [2.24, 2.45) is 0 Å². The summed E-state index contributed by atoms with van der Waals surface area (Å²) in [6.07, 6.45) is 0. The van der Waals surface area contributed by atoms with Gasteiger partial charge < -0.3 is 18.9 Å². The quantitative estimate of drug-likeness (QED) is 0.177. The van der Waals surface area contributed by atoms with Crippen molar-refractivity contribution in [3.8, 4) is 23.0 Å². The second kappa shape index (κ2) is 12.1. The molecule has 7 heteroatoms. The van der Waals surface area contributed by atoms with Gasteiger partial charge in [0, 0.05) is 18.2 Å². The van der Waals surface area contributed by atoms with Gasteiger partial charge in [-0.15, -0.1) is 0 Å². The van der Waals surface area contributed by atoms with Crippen molar-refractivity contribution in [2.45, 2.75) is 41.5 Å². The number of methoxy groups -OCH3 is 1. The minimum Gasteiger partial charge on any atom is -0.497 e. The number of aryl methyl sites for hydroxylation is 4. The van der Waals surface area contributed by atoms with E-state index in [0.29, 0.717) is 16.9 Å². The van der Waals surface area contributed by atoms with Crippen LogP contribution in [0.5, 0.6) is 23.0 Å². The first-order valence-electron chi connectivity index (χ1n) is 13.1. The van der Waals surface area contributed by atoms with Crippen LogP contribution in [0.1, 0.15) is 64.5 Å². The van der Waals surface area contributed by atoms with Gasteiger partial charge in [-0.25, -0.2) is 14.4 Å². The topological polar surface area (TPSA) is 88.1 Å². The molecule has 210 valence electrons. The van der Waals surface area contributed by atoms with Gasteiger partial charge in [0.05, 0.1) is 23.8 Å². The van der Waals surface area contributed by atoms with Crippen molar-refractivity contribution >= 4 is 17.9 Å². The molecule has 0 N–H and O–H groups in total. The minimum absolute atomic E-state index is 0.0338. The number of hydrogen-bond donors (Lipinski definition) is 0. The first-order chi connectivity index (χ1) is 19.4. The van der Waals surface area contributed by atoms with Crippen LogP contribution in [0, 0.1) is 41.5 Å². The molecule has 7 nitrogen and oxygen atoms in total. The summed E-state index contributed by atoms with van der Waals surface area (Å²) in [5.41, 5.74) is 7.02. The molecule has 0 bridgehead atoms. The van der Waals surface area contributed by atoms with Crippen LogP contribution in [0.15, 0.2) is 66.7 Å². The minimum atomic E-state index is -0.650. The second-order valence-electron chi connectivity index (χ2n) is 10.0. The molecule has 0 aliphatic rings. The molecular formula is C34H32O7. The highest BCUT2D eigenvalue weighted by Crippen LogP contribution is 2.30. The predicted octanol–water partition coefficient (Wildman–Crippen LogP) is 7.20. The van der Waals surface area contributed by atoms with Gasteiger partial charge in [0.2, 0.25) is 0 Å². The monoisotopic (exact) mass is 552 g/mol. The Morgan fingerprint density at radius 1 is 0.439 bits per heavy atom. The van der Waals surface area contributed by atoms with Gasteiger partial charge in [-0.3, -0.25) is 0 Å². The van der Waals surface area contributed by atoms with Crippen molar-refractivity contribution in [3.05, 3.63) is 117 Å². The summed E-state index contributed by atoms with van der Waals surface area (Å²) in [5, 5.41) is 0. The van der Waals surface area contributed by atoms with Crippen LogP contribution in [0.4, 0.5) is 0 Å². The maximum atomic E-state index is 13.1. The van der Waals surface area contributed by atoms with E-state index >= 15 is 0 Å². The molecule has 0 radical (unpaired) electrons. The normalized spacial score (nSPS) is 10.6. The van der Waals surface area contributed by atoms with Crippen molar-refractivity contribution in [1.82, 2.24) is 0 Å². The first kappa shape index (κ1) is 29.1. The summed E-state index contributed by atoms with van der Waals surface area (Å²) in [5.74, 6) is -1.13. The molecule has 0 unspecified atom stereocenters. The lowest BCUT2D eigenvalue weighted by molar-refractivity contribution is 0.0730. The zero-order valence-corrected chi connectivity index (χ0v) is 24.2. The van der Waals surface area contributed by atoms with E-state index in [0.717, 1.165) is 33.4 Å². The van der Waals surface area contributed by atoms with Gasteiger partial charge in [0.25, 0.3) is 0 Å². The lowest BCUT2D eigenvalue weighted by atomic mass is 10.0. The molecule has 0 aliphatic heterocycles.